The Bertz CT molecular complexity index is 914. The van der Waals surface area contributed by atoms with Gasteiger partial charge in [0.05, 0.1) is 17.8 Å². The molecule has 1 aromatic carbocycles. The van der Waals surface area contributed by atoms with Crippen LogP contribution in [0, 0.1) is 0 Å². The molecule has 1 fully saturated rings. The molecule has 1 atom stereocenters. The van der Waals surface area contributed by atoms with Crippen LogP contribution in [0.1, 0.15) is 61.0 Å². The lowest BCUT2D eigenvalue weighted by Gasteiger charge is -2.43. The molecule has 1 saturated heterocycles. The molecule has 0 saturated carbocycles. The van der Waals surface area contributed by atoms with Gasteiger partial charge < -0.3 is 23.9 Å². The number of amides is 1. The number of ether oxygens (including phenoxy) is 1. The van der Waals surface area contributed by atoms with Crippen molar-refractivity contribution in [1.82, 2.24) is 4.48 Å². The molecule has 8 heteroatoms. The van der Waals surface area contributed by atoms with E-state index in [4.69, 9.17) is 14.0 Å². The first-order valence-electron chi connectivity index (χ1n) is 10.2. The van der Waals surface area contributed by atoms with Crippen molar-refractivity contribution in [2.45, 2.75) is 72.1 Å². The molecule has 0 radical (unpaired) electrons. The maximum atomic E-state index is 13.3. The number of rotatable bonds is 3. The molecule has 0 N–H and O–H groups in total. The Morgan fingerprint density at radius 1 is 1.13 bits per heavy atom. The fourth-order valence-corrected chi connectivity index (χ4v) is 4.08. The van der Waals surface area contributed by atoms with Gasteiger partial charge in [0.1, 0.15) is 11.5 Å². The van der Waals surface area contributed by atoms with Crippen LogP contribution in [0.15, 0.2) is 23.9 Å². The molecular weight excluding hydrogens is 385 g/mol. The average molecular weight is 415 g/mol. The van der Waals surface area contributed by atoms with E-state index in [1.165, 1.54) is 6.08 Å². The van der Waals surface area contributed by atoms with Crippen LogP contribution in [-0.2, 0) is 18.8 Å². The Kier molecular flexibility index (Phi) is 5.21. The molecule has 0 spiro atoms. The zero-order valence-electron chi connectivity index (χ0n) is 19.0. The summed E-state index contributed by atoms with van der Waals surface area (Å²) in [5.74, 6) is -1.41. The number of aliphatic carboxylic acids is 1. The highest BCUT2D eigenvalue weighted by atomic mass is 16.7. The molecule has 0 aromatic heterocycles. The van der Waals surface area contributed by atoms with Gasteiger partial charge in [-0.3, -0.25) is 0 Å². The van der Waals surface area contributed by atoms with Gasteiger partial charge in [-0.25, -0.2) is 0 Å². The molecule has 2 aliphatic heterocycles. The first-order chi connectivity index (χ1) is 13.7. The fourth-order valence-electron chi connectivity index (χ4n) is 4.08. The lowest BCUT2D eigenvalue weighted by atomic mass is 9.78. The molecule has 0 bridgehead atoms. The van der Waals surface area contributed by atoms with Gasteiger partial charge in [0.15, 0.2) is 11.4 Å². The van der Waals surface area contributed by atoms with Gasteiger partial charge in [0.2, 0.25) is 0 Å². The van der Waals surface area contributed by atoms with E-state index in [1.54, 1.807) is 39.8 Å². The van der Waals surface area contributed by atoms with Gasteiger partial charge in [-0.05, 0) is 66.9 Å². The summed E-state index contributed by atoms with van der Waals surface area (Å²) in [6, 6.07) is 5.40. The summed E-state index contributed by atoms with van der Waals surface area (Å²) in [5, 5.41) is 12.1. The van der Waals surface area contributed by atoms with Gasteiger partial charge in [0.25, 0.3) is 0 Å². The fraction of sp³-hybridized carbons (Fsp3) is 0.545. The predicted molar refractivity (Wildman–Crippen MR) is 114 cm³/mol. The number of benzene rings is 1. The second-order valence-corrected chi connectivity index (χ2v) is 9.76. The van der Waals surface area contributed by atoms with Gasteiger partial charge in [-0.15, -0.1) is 0 Å². The molecule has 0 aliphatic carbocycles. The largest absolute Gasteiger partial charge is 0.540 e. The second kappa shape index (κ2) is 6.94. The van der Waals surface area contributed by atoms with Crippen molar-refractivity contribution in [2.75, 3.05) is 6.61 Å². The highest BCUT2D eigenvalue weighted by molar-refractivity contribution is 6.62. The van der Waals surface area contributed by atoms with E-state index in [0.29, 0.717) is 16.7 Å². The van der Waals surface area contributed by atoms with Crippen LogP contribution >= 0.6 is 0 Å². The van der Waals surface area contributed by atoms with E-state index >= 15 is 0 Å². The SMILES string of the molecule is CCOC(=O)[N+]1(C(C)(C)C)C(C(=O)[O-])=Cc2ccc(B3OC(C)(C)C(C)(C)O3)cc21. The Morgan fingerprint density at radius 3 is 2.17 bits per heavy atom. The van der Waals surface area contributed by atoms with Crippen molar-refractivity contribution < 1.29 is 28.7 Å². The topological polar surface area (TPSA) is 84.9 Å². The third-order valence-corrected chi connectivity index (χ3v) is 6.35. The number of quaternary nitrogens is 1. The van der Waals surface area contributed by atoms with Crippen molar-refractivity contribution in [3.05, 3.63) is 29.5 Å². The maximum Gasteiger partial charge on any atom is 0.526 e. The minimum Gasteiger partial charge on any atom is -0.540 e. The molecule has 1 unspecified atom stereocenters. The highest BCUT2D eigenvalue weighted by Crippen LogP contribution is 2.47. The number of hydrogen-bond acceptors (Lipinski definition) is 6. The maximum absolute atomic E-state index is 13.3. The van der Waals surface area contributed by atoms with Crippen molar-refractivity contribution in [3.63, 3.8) is 0 Å². The summed E-state index contributed by atoms with van der Waals surface area (Å²) in [6.45, 7) is 15.1. The summed E-state index contributed by atoms with van der Waals surface area (Å²) < 4.78 is 17.1. The van der Waals surface area contributed by atoms with E-state index in [2.05, 4.69) is 0 Å². The molecular formula is C22H30BNO6. The predicted octanol–water partition coefficient (Wildman–Crippen LogP) is 2.35. The Morgan fingerprint density at radius 2 is 1.70 bits per heavy atom. The Labute approximate surface area is 178 Å². The van der Waals surface area contributed by atoms with Crippen LogP contribution in [0.3, 0.4) is 0 Å². The number of carboxylic acids is 1. The monoisotopic (exact) mass is 415 g/mol. The molecule has 30 heavy (non-hydrogen) atoms. The number of fused-ring (bicyclic) bond motifs is 1. The molecule has 3 rings (SSSR count). The third-order valence-electron chi connectivity index (χ3n) is 6.35. The van der Waals surface area contributed by atoms with Gasteiger partial charge in [-0.1, -0.05) is 6.07 Å². The Balaban J connectivity index is 2.20. The van der Waals surface area contributed by atoms with E-state index in [9.17, 15) is 14.7 Å². The van der Waals surface area contributed by atoms with E-state index in [0.717, 1.165) is 0 Å². The quantitative estimate of drug-likeness (QED) is 0.557. The number of nitrogens with zero attached hydrogens (tertiary/aromatic N) is 1. The zero-order chi connectivity index (χ0) is 22.7. The van der Waals surface area contributed by atoms with Gasteiger partial charge >= 0.3 is 13.2 Å². The number of carboxylic acid groups (broad SMARTS) is 1. The minimum atomic E-state index is -1.41. The summed E-state index contributed by atoms with van der Waals surface area (Å²) in [7, 11) is -0.642. The van der Waals surface area contributed by atoms with Crippen LogP contribution in [0.4, 0.5) is 10.5 Å². The number of carbonyl (C=O) groups excluding carboxylic acids is 2. The average Bonchev–Trinajstić information content (AvgIpc) is 3.06. The zero-order valence-corrected chi connectivity index (χ0v) is 19.0. The second-order valence-electron chi connectivity index (χ2n) is 9.76. The molecule has 7 nitrogen and oxygen atoms in total. The highest BCUT2D eigenvalue weighted by Gasteiger charge is 2.59. The van der Waals surface area contributed by atoms with Gasteiger partial charge in [0, 0.05) is 17.7 Å². The van der Waals surface area contributed by atoms with Crippen molar-refractivity contribution in [1.29, 1.82) is 0 Å². The summed E-state index contributed by atoms with van der Waals surface area (Å²) in [5.41, 5.74) is -0.217. The van der Waals surface area contributed by atoms with Crippen molar-refractivity contribution >= 4 is 36.4 Å². The lowest BCUT2D eigenvalue weighted by molar-refractivity contribution is -0.301. The smallest absolute Gasteiger partial charge is 0.526 e. The van der Waals surface area contributed by atoms with Crippen LogP contribution in [0.2, 0.25) is 0 Å². The van der Waals surface area contributed by atoms with Crippen molar-refractivity contribution in [3.8, 4) is 0 Å². The molecule has 1 aromatic rings. The third kappa shape index (κ3) is 3.09. The molecule has 1 amide bonds. The summed E-state index contributed by atoms with van der Waals surface area (Å²) in [6.07, 6.45) is 0.825. The summed E-state index contributed by atoms with van der Waals surface area (Å²) in [4.78, 5) is 25.4. The minimum absolute atomic E-state index is 0.126. The first-order valence-corrected chi connectivity index (χ1v) is 10.2. The first kappa shape index (κ1) is 22.5. The number of carbonyl (C=O) groups is 2. The normalized spacial score (nSPS) is 24.4. The lowest BCUT2D eigenvalue weighted by Crippen LogP contribution is -2.66. The van der Waals surface area contributed by atoms with E-state index < -0.39 is 40.4 Å². The van der Waals surface area contributed by atoms with E-state index in [1.807, 2.05) is 33.8 Å². The Hall–Kier alpha value is -2.16. The van der Waals surface area contributed by atoms with E-state index in [-0.39, 0.29) is 12.3 Å². The molecule has 2 heterocycles. The van der Waals surface area contributed by atoms with Crippen LogP contribution < -0.4 is 15.1 Å². The summed E-state index contributed by atoms with van der Waals surface area (Å²) >= 11 is 0. The van der Waals surface area contributed by atoms with Crippen LogP contribution in [0.25, 0.3) is 6.08 Å². The van der Waals surface area contributed by atoms with Crippen molar-refractivity contribution in [2.24, 2.45) is 0 Å². The molecule has 2 aliphatic rings. The van der Waals surface area contributed by atoms with Crippen LogP contribution in [0.5, 0.6) is 0 Å². The number of hydrogen-bond donors (Lipinski definition) is 0. The molecule has 162 valence electrons. The standard InChI is InChI=1S/C22H30BNO6/c1-9-28-19(27)24(20(2,3)4)16-13-15(11-10-14(16)12-17(24)18(25)26)23-29-21(5,6)22(7,8)30-23/h10-13H,9H2,1-8H3. The van der Waals surface area contributed by atoms with Gasteiger partial charge in [-0.2, -0.15) is 9.28 Å². The van der Waals surface area contributed by atoms with Crippen LogP contribution in [-0.4, -0.2) is 42.5 Å².